The number of rotatable bonds is 6. The number of aliphatic hydroxyl groups excluding tert-OH is 1. The first-order valence-corrected chi connectivity index (χ1v) is 18.7. The van der Waals surface area contributed by atoms with Gasteiger partial charge in [-0.25, -0.2) is 14.4 Å². The molecule has 0 aromatic carbocycles. The van der Waals surface area contributed by atoms with Crippen molar-refractivity contribution in [3.8, 4) is 0 Å². The molecule has 2 amide bonds. The predicted molar refractivity (Wildman–Crippen MR) is 184 cm³/mol. The van der Waals surface area contributed by atoms with E-state index in [1.54, 1.807) is 19.9 Å². The molecule has 1 N–H and O–H groups in total. The van der Waals surface area contributed by atoms with Gasteiger partial charge in [-0.3, -0.25) is 14.4 Å². The highest BCUT2D eigenvalue weighted by atomic mass is 127. The maximum absolute atomic E-state index is 14.2. The minimum absolute atomic E-state index is 0.0685. The molecule has 284 valence electrons. The Morgan fingerprint density at radius 3 is 2.46 bits per heavy atom. The average Bonchev–Trinajstić information content (AvgIpc) is 3.81. The van der Waals surface area contributed by atoms with Crippen LogP contribution in [0.3, 0.4) is 0 Å². The molecule has 6 rings (SSSR count). The Labute approximate surface area is 314 Å². The summed E-state index contributed by atoms with van der Waals surface area (Å²) in [6, 6.07) is 0. The Balaban J connectivity index is 1.28. The summed E-state index contributed by atoms with van der Waals surface area (Å²) in [6.07, 6.45) is 1.46. The quantitative estimate of drug-likeness (QED) is 0.0780. The van der Waals surface area contributed by atoms with Gasteiger partial charge in [0, 0.05) is 49.9 Å². The average molecular weight is 842 g/mol. The molecule has 6 aliphatic rings. The molecule has 4 fully saturated rings. The number of esters is 3. The van der Waals surface area contributed by atoms with Crippen molar-refractivity contribution in [1.29, 1.82) is 0 Å². The van der Waals surface area contributed by atoms with Gasteiger partial charge in [0.25, 0.3) is 11.8 Å². The normalized spacial score (nSPS) is 37.8. The summed E-state index contributed by atoms with van der Waals surface area (Å²) in [7, 11) is 0. The van der Waals surface area contributed by atoms with Crippen molar-refractivity contribution in [2.24, 2.45) is 11.3 Å². The number of allylic oxidation sites excluding steroid dienone is 2. The van der Waals surface area contributed by atoms with Crippen LogP contribution in [-0.4, -0.2) is 98.8 Å². The first kappa shape index (κ1) is 38.5. The maximum atomic E-state index is 14.2. The zero-order chi connectivity index (χ0) is 37.6. The van der Waals surface area contributed by atoms with Crippen molar-refractivity contribution < 1.29 is 67.1 Å². The van der Waals surface area contributed by atoms with E-state index in [-0.39, 0.29) is 38.4 Å². The second-order valence-electron chi connectivity index (χ2n) is 14.5. The van der Waals surface area contributed by atoms with Crippen LogP contribution in [0.1, 0.15) is 85.5 Å². The minimum Gasteiger partial charge on any atom is -0.458 e. The van der Waals surface area contributed by atoms with Gasteiger partial charge in [-0.1, -0.05) is 24.6 Å². The van der Waals surface area contributed by atoms with E-state index >= 15 is 0 Å². The number of halogens is 1. The van der Waals surface area contributed by atoms with Gasteiger partial charge < -0.3 is 38.4 Å². The fraction of sp³-hybridized carbons (Fsp3) is 0.667. The van der Waals surface area contributed by atoms with Crippen molar-refractivity contribution in [2.45, 2.75) is 125 Å². The van der Waals surface area contributed by atoms with Crippen LogP contribution in [0.15, 0.2) is 35.1 Å². The third-order valence-corrected chi connectivity index (χ3v) is 12.7. The molecule has 52 heavy (non-hydrogen) atoms. The third-order valence-electron chi connectivity index (χ3n) is 10.9. The van der Waals surface area contributed by atoms with Gasteiger partial charge in [-0.15, -0.1) is 5.06 Å². The van der Waals surface area contributed by atoms with Crippen LogP contribution < -0.4 is 0 Å². The van der Waals surface area contributed by atoms with E-state index in [1.165, 1.54) is 6.08 Å². The smallest absolute Gasteiger partial charge is 0.352 e. The molecule has 0 aromatic heterocycles. The zero-order valence-electron chi connectivity index (χ0n) is 29.6. The summed E-state index contributed by atoms with van der Waals surface area (Å²) < 4.78 is 35.6. The van der Waals surface area contributed by atoms with E-state index in [0.29, 0.717) is 42.3 Å². The molecular formula is C36H44INO14. The van der Waals surface area contributed by atoms with Crippen molar-refractivity contribution in [3.05, 3.63) is 35.1 Å². The number of carbonyl (C=O) groups is 6. The molecule has 3 saturated heterocycles. The highest BCUT2D eigenvalue weighted by Gasteiger charge is 2.78. The predicted octanol–water partition coefficient (Wildman–Crippen LogP) is 3.20. The number of ether oxygens (including phenoxy) is 6. The summed E-state index contributed by atoms with van der Waals surface area (Å²) in [4.78, 5) is 81.4. The number of carbonyl (C=O) groups excluding carboxylic acids is 6. The largest absolute Gasteiger partial charge is 0.458 e. The number of hydroxylamine groups is 2. The van der Waals surface area contributed by atoms with Crippen LogP contribution in [0.4, 0.5) is 0 Å². The number of alkyl halides is 1. The Morgan fingerprint density at radius 1 is 1.10 bits per heavy atom. The maximum Gasteiger partial charge on any atom is 0.352 e. The number of hydrogen-bond donors (Lipinski definition) is 1. The lowest BCUT2D eigenvalue weighted by Crippen LogP contribution is -2.54. The molecule has 4 heterocycles. The van der Waals surface area contributed by atoms with Gasteiger partial charge in [-0.2, -0.15) is 0 Å². The first-order valence-electron chi connectivity index (χ1n) is 17.6. The summed E-state index contributed by atoms with van der Waals surface area (Å²) >= 11 is 2.03. The molecule has 1 saturated carbocycles. The molecule has 2 aliphatic carbocycles. The van der Waals surface area contributed by atoms with Gasteiger partial charge in [-0.05, 0) is 62.6 Å². The first-order chi connectivity index (χ1) is 24.6. The summed E-state index contributed by atoms with van der Waals surface area (Å²) in [5.74, 6) is -4.98. The number of imide groups is 1. The molecule has 9 atom stereocenters. The molecule has 4 aliphatic heterocycles. The second-order valence-corrected chi connectivity index (χ2v) is 16.3. The molecular weight excluding hydrogens is 797 g/mol. The number of epoxide rings is 1. The van der Waals surface area contributed by atoms with Crippen molar-refractivity contribution >= 4 is 58.3 Å². The highest BCUT2D eigenvalue weighted by molar-refractivity contribution is 14.1. The van der Waals surface area contributed by atoms with Crippen LogP contribution in [0.5, 0.6) is 0 Å². The molecule has 1 spiro atoms. The Bertz CT molecular complexity index is 1600. The lowest BCUT2D eigenvalue weighted by Gasteiger charge is -2.46. The number of hydrogen-bond acceptors (Lipinski definition) is 14. The van der Waals surface area contributed by atoms with E-state index in [1.807, 2.05) is 42.5 Å². The van der Waals surface area contributed by atoms with Crippen LogP contribution in [0.25, 0.3) is 0 Å². The molecule has 0 radical (unpaired) electrons. The molecule has 15 nitrogen and oxygen atoms in total. The number of nitrogens with zero attached hydrogens (tertiary/aromatic N) is 1. The number of amides is 2. The SMILES string of the molecule is CC1=CC2O[C@@H]3C[C@H]4OC(=O)/C=C\CC[C@](I)([C@@H](C)O)OCCC(C)[C@H](OC(=O)CCC(=O)ON5C(=O)CCC5=O)C(=O)OC(=C2[C@]4(C)C32CO2)C1. The molecule has 16 heteroatoms. The number of aliphatic hydroxyl groups is 1. The van der Waals surface area contributed by atoms with E-state index in [4.69, 9.17) is 33.3 Å². The molecule has 3 unspecified atom stereocenters. The van der Waals surface area contributed by atoms with Gasteiger partial charge in [0.05, 0.1) is 37.1 Å². The van der Waals surface area contributed by atoms with Gasteiger partial charge in [0.1, 0.15) is 27.2 Å². The van der Waals surface area contributed by atoms with Crippen LogP contribution in [0.2, 0.25) is 0 Å². The van der Waals surface area contributed by atoms with Gasteiger partial charge in [0.15, 0.2) is 0 Å². The van der Waals surface area contributed by atoms with E-state index in [2.05, 4.69) is 0 Å². The van der Waals surface area contributed by atoms with Gasteiger partial charge in [0.2, 0.25) is 6.10 Å². The lowest BCUT2D eigenvalue weighted by atomic mass is 9.66. The van der Waals surface area contributed by atoms with Crippen molar-refractivity contribution in [2.75, 3.05) is 13.2 Å². The summed E-state index contributed by atoms with van der Waals surface area (Å²) in [5.41, 5.74) is -0.179. The fourth-order valence-electron chi connectivity index (χ4n) is 7.78. The van der Waals surface area contributed by atoms with Crippen LogP contribution in [0, 0.1) is 11.3 Å². The Morgan fingerprint density at radius 2 is 1.79 bits per heavy atom. The lowest BCUT2D eigenvalue weighted by molar-refractivity contribution is -0.198. The van der Waals surface area contributed by atoms with E-state index < -0.39 is 93.5 Å². The fourth-order valence-corrected chi connectivity index (χ4v) is 8.32. The molecule has 0 aromatic rings. The minimum atomic E-state index is -1.45. The third kappa shape index (κ3) is 7.32. The van der Waals surface area contributed by atoms with Crippen molar-refractivity contribution in [1.82, 2.24) is 5.06 Å². The van der Waals surface area contributed by atoms with Crippen LogP contribution >= 0.6 is 22.6 Å². The standard InChI is InChI=1S/C36H44INO14/c1-19-15-22-31-23(16-19)49-33(45)32(51-29(43)10-11-30(44)52-38-26(40)8-9-27(38)41)20(2)12-14-46-36(37,21(3)39)13-6-5-7-28(42)50-24-17-25(48-22)35(18-47-35)34(24,31)4/h5,7,15,20-22,24-25,32,39H,6,8-14,16-18H2,1-4H3/b7-5-/t20?,21-,22?,24-,25-,32+,34-,35?,36-/m1/s1. The monoisotopic (exact) mass is 841 g/mol. The summed E-state index contributed by atoms with van der Waals surface area (Å²) in [5, 5.41) is 11.0. The van der Waals surface area contributed by atoms with Gasteiger partial charge >= 0.3 is 23.9 Å². The van der Waals surface area contributed by atoms with E-state index in [0.717, 1.165) is 5.57 Å². The van der Waals surface area contributed by atoms with Crippen LogP contribution in [-0.2, 0) is 62.0 Å². The van der Waals surface area contributed by atoms with Crippen molar-refractivity contribution in [3.63, 3.8) is 0 Å². The summed E-state index contributed by atoms with van der Waals surface area (Å²) in [6.45, 7) is 7.56. The topological polar surface area (TPSA) is 194 Å². The zero-order valence-corrected chi connectivity index (χ0v) is 31.7. The Hall–Kier alpha value is -3.19. The highest BCUT2D eigenvalue weighted by Crippen LogP contribution is 2.67. The molecule has 2 bridgehead atoms. The van der Waals surface area contributed by atoms with E-state index in [9.17, 15) is 33.9 Å². The Kier molecular flexibility index (Phi) is 11.1. The second kappa shape index (κ2) is 14.9.